The summed E-state index contributed by atoms with van der Waals surface area (Å²) < 4.78 is 118. The topological polar surface area (TPSA) is 140 Å². The minimum absolute atomic E-state index is 0. The summed E-state index contributed by atoms with van der Waals surface area (Å²) in [5, 5.41) is 0.778. The largest absolute Gasteiger partial charge is 1.00 e. The fraction of sp³-hybridized carbons (Fsp3) is 0.844. The van der Waals surface area contributed by atoms with Crippen LogP contribution in [-0.2, 0) is 54.4 Å². The Hall–Kier alpha value is 3.64. The second-order valence-electron chi connectivity index (χ2n) is 25.6. The van der Waals surface area contributed by atoms with E-state index in [1.807, 2.05) is 0 Å². The van der Waals surface area contributed by atoms with Crippen LogP contribution in [0.4, 0.5) is 26.3 Å². The van der Waals surface area contributed by atoms with E-state index in [0.29, 0.717) is 0 Å². The van der Waals surface area contributed by atoms with Gasteiger partial charge in [-0.25, -0.2) is 26.8 Å². The minimum atomic E-state index is -6.09. The summed E-state index contributed by atoms with van der Waals surface area (Å²) in [6.07, 6.45) is 66.4. The number of alkyl halides is 14. The van der Waals surface area contributed by atoms with Crippen molar-refractivity contribution in [2.75, 3.05) is 21.4 Å². The summed E-state index contributed by atoms with van der Waals surface area (Å²) in [5.41, 5.74) is 0.960. The van der Waals surface area contributed by atoms with Gasteiger partial charge in [-0.05, 0) is 230 Å². The molecule has 0 amide bonds. The molecule has 8 nitrogen and oxygen atoms in total. The van der Waals surface area contributed by atoms with Crippen LogP contribution in [0.15, 0.2) is 48.8 Å². The van der Waals surface area contributed by atoms with Crippen molar-refractivity contribution in [3.8, 4) is 0 Å². The van der Waals surface area contributed by atoms with Gasteiger partial charge in [0.1, 0.15) is 10.9 Å². The van der Waals surface area contributed by atoms with E-state index in [0.717, 1.165) is 45.3 Å². The first-order valence-electron chi connectivity index (χ1n) is 34.4. The van der Waals surface area contributed by atoms with Crippen molar-refractivity contribution in [1.29, 1.82) is 0 Å². The number of hydrogen-bond donors (Lipinski definition) is 0. The van der Waals surface area contributed by atoms with Crippen LogP contribution in [0.25, 0.3) is 0 Å². The molecule has 0 bridgehead atoms. The van der Waals surface area contributed by atoms with Crippen molar-refractivity contribution in [2.45, 2.75) is 313 Å². The normalized spacial score (nSPS) is 20.5. The summed E-state index contributed by atoms with van der Waals surface area (Å²) in [6, 6.07) is 14.2. The fourth-order valence-electron chi connectivity index (χ4n) is 15.8. The van der Waals surface area contributed by atoms with E-state index in [1.165, 1.54) is 154 Å². The Balaban J connectivity index is 0.000000681. The van der Waals surface area contributed by atoms with E-state index >= 15 is 0 Å². The second-order valence-corrected chi connectivity index (χ2v) is 58.0. The van der Waals surface area contributed by atoms with E-state index < -0.39 is 31.3 Å². The van der Waals surface area contributed by atoms with Crippen LogP contribution in [0.1, 0.15) is 257 Å². The zero-order chi connectivity index (χ0) is 69.4. The van der Waals surface area contributed by atoms with Crippen molar-refractivity contribution in [3.05, 3.63) is 48.8 Å². The second kappa shape index (κ2) is 56.0. The van der Waals surface area contributed by atoms with Gasteiger partial charge in [0.05, 0.1) is 97.1 Å². The number of nitrogens with zero attached hydrogens (tertiary/aromatic N) is 2. The maximum Gasteiger partial charge on any atom is 1.00 e. The van der Waals surface area contributed by atoms with Crippen LogP contribution in [0.5, 0.6) is 0 Å². The molecule has 0 unspecified atom stereocenters. The van der Waals surface area contributed by atoms with Crippen molar-refractivity contribution >= 4 is 169 Å². The SMILES string of the molecule is ClCCl.ClCCl.ClCCl.ClCCl.O=S(=O)([O-])C(F)(F)F.O=S(=O)([O-])C(F)(F)F.[Cu+].[Cu+].c1ccc(P([PH+](C2CCCCC2)C2CCCCC2)[PH+](C2CCCCC2)C2CCCCC2)nc1.c1ccc(P([PH+](C2CCCCC2)C2CCCCC2)[PH+](C2CCCCC2)C2CCCCC2)nc1. The van der Waals surface area contributed by atoms with Crippen molar-refractivity contribution in [2.24, 2.45) is 0 Å². The molecular weight excluding hydrogens is 1670 g/mol. The summed E-state index contributed by atoms with van der Waals surface area (Å²) in [7, 11) is -13.7. The monoisotopic (exact) mass is 1770 g/mol. The predicted molar refractivity (Wildman–Crippen MR) is 408 cm³/mol. The molecule has 0 spiro atoms. The average Bonchev–Trinajstić information content (AvgIpc) is 0.778. The molecule has 0 saturated heterocycles. The molecule has 8 aliphatic carbocycles. The molecule has 8 saturated carbocycles. The Labute approximate surface area is 642 Å². The smallest absolute Gasteiger partial charge is 0.741 e. The quantitative estimate of drug-likeness (QED) is 0.0455. The number of hydrogen-bond acceptors (Lipinski definition) is 8. The molecule has 32 heteroatoms. The number of rotatable bonds is 14. The third-order valence-corrected chi connectivity index (χ3v) is 62.5. The molecule has 2 aromatic heterocycles. The Bertz CT molecular complexity index is 2110. The van der Waals surface area contributed by atoms with Crippen LogP contribution >= 0.6 is 138 Å². The van der Waals surface area contributed by atoms with Gasteiger partial charge < -0.3 is 9.11 Å². The van der Waals surface area contributed by atoms with Gasteiger partial charge in [-0.3, -0.25) is 0 Å². The Morgan fingerprint density at radius 3 is 0.573 bits per heavy atom. The molecule has 0 radical (unpaired) electrons. The van der Waals surface area contributed by atoms with E-state index in [4.69, 9.17) is 129 Å². The van der Waals surface area contributed by atoms with Crippen molar-refractivity contribution < 1.29 is 86.4 Å². The Kier molecular flexibility index (Phi) is 56.9. The average molecular weight is 1780 g/mol. The third-order valence-electron chi connectivity index (χ3n) is 19.5. The van der Waals surface area contributed by atoms with E-state index in [1.54, 1.807) is 114 Å². The number of aromatic nitrogens is 2. The van der Waals surface area contributed by atoms with Gasteiger partial charge in [0.15, 0.2) is 20.2 Å². The van der Waals surface area contributed by atoms with Gasteiger partial charge in [-0.2, -0.15) is 26.3 Å². The van der Waals surface area contributed by atoms with Crippen LogP contribution in [0.2, 0.25) is 0 Å². The summed E-state index contributed by atoms with van der Waals surface area (Å²) in [4.78, 5) is 10.6. The minimum Gasteiger partial charge on any atom is -0.741 e. The molecule has 8 fully saturated rings. The molecule has 0 atom stereocenters. The van der Waals surface area contributed by atoms with E-state index in [9.17, 15) is 26.3 Å². The van der Waals surface area contributed by atoms with Gasteiger partial charge in [0, 0.05) is 12.4 Å². The Morgan fingerprint density at radius 1 is 0.333 bits per heavy atom. The molecular formula is C64H108Cl8Cu2F6N2O6P6S2+4. The van der Waals surface area contributed by atoms with Crippen LogP contribution < -0.4 is 10.9 Å². The van der Waals surface area contributed by atoms with Gasteiger partial charge >= 0.3 is 45.2 Å². The van der Waals surface area contributed by atoms with Gasteiger partial charge in [0.2, 0.25) is 0 Å². The number of pyridine rings is 2. The van der Waals surface area contributed by atoms with Crippen molar-refractivity contribution in [1.82, 2.24) is 9.97 Å². The first-order valence-corrected chi connectivity index (χ1v) is 54.2. The summed E-state index contributed by atoms with van der Waals surface area (Å²) in [6.45, 7) is 0. The van der Waals surface area contributed by atoms with Gasteiger partial charge in [-0.15, -0.1) is 92.8 Å². The molecule has 568 valence electrons. The molecule has 96 heavy (non-hydrogen) atoms. The summed E-state index contributed by atoms with van der Waals surface area (Å²) in [5.74, 6) is 0. The van der Waals surface area contributed by atoms with Crippen LogP contribution in [0, 0.1) is 0 Å². The molecule has 0 N–H and O–H groups in total. The Morgan fingerprint density at radius 2 is 0.469 bits per heavy atom. The molecule has 0 aliphatic heterocycles. The third kappa shape index (κ3) is 36.7. The number of halogens is 14. The maximum atomic E-state index is 10.7. The standard InChI is InChI=1S/2C29H48NP3.4CH2Cl2.2CHF3O3S.2Cu/c2*1-5-15-25(16-6-1)31(26-17-7-2-8-18-26)33(29-23-13-14-24-30-29)32(27-19-9-3-10-20-27)28-21-11-4-12-22-28;4*2-1-3;2*2-1(3,4)8(5,6)7;;/h2*13-14,23-28H,1-12,15-22H2;4*1H2;2*(H,5,6,7);;/q;;;;;;;;2*+1/p+2. The molecule has 8 aliphatic rings. The fourth-order valence-corrected chi connectivity index (χ4v) is 71.9. The predicted octanol–water partition coefficient (Wildman–Crippen LogP) is 25.3. The zero-order valence-electron chi connectivity index (χ0n) is 55.3. The molecule has 2 aromatic rings. The maximum absolute atomic E-state index is 10.7. The van der Waals surface area contributed by atoms with Gasteiger partial charge in [0.25, 0.3) is 14.6 Å². The molecule has 2 heterocycles. The molecule has 10 rings (SSSR count). The zero-order valence-corrected chi connectivity index (χ0v) is 70.7. The van der Waals surface area contributed by atoms with Crippen molar-refractivity contribution in [3.63, 3.8) is 0 Å². The first-order chi connectivity index (χ1) is 45.0. The van der Waals surface area contributed by atoms with Gasteiger partial charge in [-0.1, -0.05) is 63.5 Å². The molecule has 0 aromatic carbocycles. The first kappa shape index (κ1) is 97.6. The van der Waals surface area contributed by atoms with Crippen LogP contribution in [0.3, 0.4) is 0 Å². The van der Waals surface area contributed by atoms with E-state index in [2.05, 4.69) is 48.8 Å². The summed E-state index contributed by atoms with van der Waals surface area (Å²) >= 11 is 38.1. The van der Waals surface area contributed by atoms with E-state index in [-0.39, 0.29) is 101 Å². The van der Waals surface area contributed by atoms with Crippen LogP contribution in [-0.4, -0.2) is 114 Å².